The molecule has 0 bridgehead atoms. The maximum atomic E-state index is 12.7. The number of carbonyl (C=O) groups is 3. The first kappa shape index (κ1) is 16.0. The van der Waals surface area contributed by atoms with E-state index in [9.17, 15) is 14.4 Å². The van der Waals surface area contributed by atoms with Crippen molar-refractivity contribution in [1.82, 2.24) is 5.32 Å². The standard InChI is InChI=1S/C16H10N2O4S2/c19-13-12(7-9-5-6-24-8-9)14(20)18(16(23)17-13)11-3-1-10(2-4-11)15(21)22/h1-8H,(H,21,22)(H,17,19,23)/b12-7+. The minimum Gasteiger partial charge on any atom is -0.478 e. The molecule has 2 amide bonds. The molecular formula is C16H10N2O4S2. The van der Waals surface area contributed by atoms with Crippen molar-refractivity contribution in [1.29, 1.82) is 0 Å². The minimum atomic E-state index is -1.07. The maximum absolute atomic E-state index is 12.7. The predicted molar refractivity (Wildman–Crippen MR) is 93.9 cm³/mol. The number of nitrogens with zero attached hydrogens (tertiary/aromatic N) is 1. The second kappa shape index (κ2) is 6.34. The number of carboxylic acids is 1. The van der Waals surface area contributed by atoms with Crippen molar-refractivity contribution >= 4 is 58.2 Å². The van der Waals surface area contributed by atoms with Gasteiger partial charge in [-0.05, 0) is 64.9 Å². The van der Waals surface area contributed by atoms with E-state index in [1.165, 1.54) is 46.6 Å². The number of benzene rings is 1. The second-order valence-corrected chi connectivity index (χ2v) is 6.03. The lowest BCUT2D eigenvalue weighted by atomic mass is 10.1. The van der Waals surface area contributed by atoms with Gasteiger partial charge in [0, 0.05) is 0 Å². The van der Waals surface area contributed by atoms with Crippen molar-refractivity contribution in [3.8, 4) is 0 Å². The third-order valence-electron chi connectivity index (χ3n) is 3.33. The fraction of sp³-hybridized carbons (Fsp3) is 0. The van der Waals surface area contributed by atoms with Gasteiger partial charge in [0.05, 0.1) is 11.3 Å². The highest BCUT2D eigenvalue weighted by molar-refractivity contribution is 7.80. The lowest BCUT2D eigenvalue weighted by Crippen LogP contribution is -2.54. The zero-order valence-corrected chi connectivity index (χ0v) is 13.7. The van der Waals surface area contributed by atoms with E-state index < -0.39 is 17.8 Å². The molecule has 1 aromatic heterocycles. The second-order valence-electron chi connectivity index (χ2n) is 4.87. The Hall–Kier alpha value is -2.84. The highest BCUT2D eigenvalue weighted by atomic mass is 32.1. The SMILES string of the molecule is O=C1NC(=S)N(c2ccc(C(=O)O)cc2)C(=O)/C1=C/c1ccsc1. The first-order valence-corrected chi connectivity index (χ1v) is 8.09. The number of hydrogen-bond acceptors (Lipinski definition) is 5. The molecule has 1 aromatic carbocycles. The molecule has 0 aliphatic carbocycles. The van der Waals surface area contributed by atoms with Gasteiger partial charge in [0.2, 0.25) is 0 Å². The lowest BCUT2D eigenvalue weighted by Gasteiger charge is -2.28. The largest absolute Gasteiger partial charge is 0.478 e. The van der Waals surface area contributed by atoms with Gasteiger partial charge in [-0.15, -0.1) is 0 Å². The molecule has 2 N–H and O–H groups in total. The van der Waals surface area contributed by atoms with Crippen LogP contribution in [0.2, 0.25) is 0 Å². The summed E-state index contributed by atoms with van der Waals surface area (Å²) < 4.78 is 0. The van der Waals surface area contributed by atoms with E-state index in [0.29, 0.717) is 5.69 Å². The third kappa shape index (κ3) is 2.97. The first-order valence-electron chi connectivity index (χ1n) is 6.74. The highest BCUT2D eigenvalue weighted by Gasteiger charge is 2.34. The predicted octanol–water partition coefficient (Wildman–Crippen LogP) is 2.28. The number of aromatic carboxylic acids is 1. The number of thiocarbonyl (C=S) groups is 1. The van der Waals surface area contributed by atoms with Crippen molar-refractivity contribution in [2.45, 2.75) is 0 Å². The van der Waals surface area contributed by atoms with Gasteiger partial charge in [-0.25, -0.2) is 4.79 Å². The number of nitrogens with one attached hydrogen (secondary N) is 1. The molecule has 1 fully saturated rings. The van der Waals surface area contributed by atoms with E-state index in [-0.39, 0.29) is 16.2 Å². The van der Waals surface area contributed by atoms with Gasteiger partial charge in [0.1, 0.15) is 5.57 Å². The van der Waals surface area contributed by atoms with Crippen LogP contribution in [0, 0.1) is 0 Å². The van der Waals surface area contributed by atoms with Gasteiger partial charge >= 0.3 is 5.97 Å². The van der Waals surface area contributed by atoms with Crippen LogP contribution in [0.5, 0.6) is 0 Å². The van der Waals surface area contributed by atoms with Crippen LogP contribution in [0.25, 0.3) is 6.08 Å². The lowest BCUT2D eigenvalue weighted by molar-refractivity contribution is -0.122. The highest BCUT2D eigenvalue weighted by Crippen LogP contribution is 2.23. The van der Waals surface area contributed by atoms with E-state index in [2.05, 4.69) is 5.32 Å². The zero-order valence-electron chi connectivity index (χ0n) is 12.1. The number of carboxylic acid groups (broad SMARTS) is 1. The normalized spacial score (nSPS) is 16.4. The minimum absolute atomic E-state index is 0.0377. The molecule has 24 heavy (non-hydrogen) atoms. The summed E-state index contributed by atoms with van der Waals surface area (Å²) in [6.45, 7) is 0. The van der Waals surface area contributed by atoms with Crippen molar-refractivity contribution in [2.24, 2.45) is 0 Å². The molecule has 0 unspecified atom stereocenters. The number of carbonyl (C=O) groups excluding carboxylic acids is 2. The van der Waals surface area contributed by atoms with Crippen LogP contribution >= 0.6 is 23.6 Å². The molecule has 0 spiro atoms. The maximum Gasteiger partial charge on any atom is 0.335 e. The summed E-state index contributed by atoms with van der Waals surface area (Å²) >= 11 is 6.53. The smallest absolute Gasteiger partial charge is 0.335 e. The average Bonchev–Trinajstić information content (AvgIpc) is 3.05. The summed E-state index contributed by atoms with van der Waals surface area (Å²) in [5, 5.41) is 15.0. The Morgan fingerprint density at radius 2 is 1.92 bits per heavy atom. The number of anilines is 1. The van der Waals surface area contributed by atoms with E-state index in [1.54, 1.807) is 6.07 Å². The summed E-state index contributed by atoms with van der Waals surface area (Å²) in [6, 6.07) is 7.45. The summed E-state index contributed by atoms with van der Waals surface area (Å²) in [7, 11) is 0. The number of hydrogen-bond donors (Lipinski definition) is 2. The molecule has 1 saturated heterocycles. The zero-order chi connectivity index (χ0) is 17.3. The Bertz CT molecular complexity index is 870. The van der Waals surface area contributed by atoms with E-state index in [1.807, 2.05) is 10.8 Å². The number of rotatable bonds is 3. The summed E-state index contributed by atoms with van der Waals surface area (Å²) in [5.41, 5.74) is 1.18. The molecule has 2 heterocycles. The Kier molecular flexibility index (Phi) is 4.24. The van der Waals surface area contributed by atoms with Crippen LogP contribution in [-0.4, -0.2) is 28.0 Å². The summed E-state index contributed by atoms with van der Waals surface area (Å²) in [5.74, 6) is -2.19. The van der Waals surface area contributed by atoms with Crippen LogP contribution in [-0.2, 0) is 9.59 Å². The average molecular weight is 358 g/mol. The molecule has 0 atom stereocenters. The van der Waals surface area contributed by atoms with Crippen LogP contribution < -0.4 is 10.2 Å². The van der Waals surface area contributed by atoms with Gasteiger partial charge in [0.15, 0.2) is 5.11 Å². The van der Waals surface area contributed by atoms with E-state index in [4.69, 9.17) is 17.3 Å². The van der Waals surface area contributed by atoms with Crippen molar-refractivity contribution in [3.05, 3.63) is 57.8 Å². The van der Waals surface area contributed by atoms with Gasteiger partial charge in [-0.3, -0.25) is 19.8 Å². The fourth-order valence-electron chi connectivity index (χ4n) is 2.17. The molecule has 1 aliphatic rings. The third-order valence-corrected chi connectivity index (χ3v) is 4.31. The van der Waals surface area contributed by atoms with Gasteiger partial charge in [-0.1, -0.05) is 0 Å². The Labute approximate surface area is 146 Å². The van der Waals surface area contributed by atoms with Crippen LogP contribution in [0.4, 0.5) is 5.69 Å². The van der Waals surface area contributed by atoms with Crippen LogP contribution in [0.1, 0.15) is 15.9 Å². The van der Waals surface area contributed by atoms with E-state index in [0.717, 1.165) is 5.56 Å². The Balaban J connectivity index is 1.98. The van der Waals surface area contributed by atoms with Crippen LogP contribution in [0.3, 0.4) is 0 Å². The molecular weight excluding hydrogens is 348 g/mol. The molecule has 2 aromatic rings. The number of thiophene rings is 1. The summed E-state index contributed by atoms with van der Waals surface area (Å²) in [6.07, 6.45) is 1.49. The summed E-state index contributed by atoms with van der Waals surface area (Å²) in [4.78, 5) is 36.8. The van der Waals surface area contributed by atoms with Gasteiger partial charge in [-0.2, -0.15) is 11.3 Å². The molecule has 120 valence electrons. The molecule has 8 heteroatoms. The fourth-order valence-corrected chi connectivity index (χ4v) is 3.07. The Morgan fingerprint density at radius 3 is 2.50 bits per heavy atom. The molecule has 0 radical (unpaired) electrons. The van der Waals surface area contributed by atoms with Crippen molar-refractivity contribution in [2.75, 3.05) is 4.90 Å². The Morgan fingerprint density at radius 1 is 1.21 bits per heavy atom. The van der Waals surface area contributed by atoms with Crippen molar-refractivity contribution in [3.63, 3.8) is 0 Å². The first-order chi connectivity index (χ1) is 11.5. The molecule has 0 saturated carbocycles. The van der Waals surface area contributed by atoms with Gasteiger partial charge < -0.3 is 5.11 Å². The van der Waals surface area contributed by atoms with Crippen molar-refractivity contribution < 1.29 is 19.5 Å². The topological polar surface area (TPSA) is 86.7 Å². The van der Waals surface area contributed by atoms with E-state index >= 15 is 0 Å². The molecule has 3 rings (SSSR count). The van der Waals surface area contributed by atoms with Crippen LogP contribution in [0.15, 0.2) is 46.7 Å². The monoisotopic (exact) mass is 358 g/mol. The molecule has 6 nitrogen and oxygen atoms in total. The molecule has 1 aliphatic heterocycles. The van der Waals surface area contributed by atoms with Gasteiger partial charge in [0.25, 0.3) is 11.8 Å². The number of amides is 2. The quantitative estimate of drug-likeness (QED) is 0.499.